The average Bonchev–Trinajstić information content (AvgIpc) is 2.95. The number of hydrogen-bond donors (Lipinski definition) is 2. The predicted molar refractivity (Wildman–Crippen MR) is 119 cm³/mol. The molecule has 5 nitrogen and oxygen atoms in total. The molecule has 0 atom stereocenters. The number of hydrogen-bond acceptors (Lipinski definition) is 3. The van der Waals surface area contributed by atoms with Gasteiger partial charge >= 0.3 is 0 Å². The fourth-order valence-corrected chi connectivity index (χ4v) is 3.37. The summed E-state index contributed by atoms with van der Waals surface area (Å²) < 4.78 is 3.06. The van der Waals surface area contributed by atoms with Crippen molar-refractivity contribution in [3.8, 4) is 5.69 Å². The minimum absolute atomic E-state index is 0.137. The molecule has 0 aliphatic rings. The molecule has 0 aliphatic heterocycles. The summed E-state index contributed by atoms with van der Waals surface area (Å²) in [6, 6.07) is 17.3. The van der Waals surface area contributed by atoms with E-state index in [-0.39, 0.29) is 12.5 Å². The van der Waals surface area contributed by atoms with Gasteiger partial charge in [-0.3, -0.25) is 4.79 Å². The van der Waals surface area contributed by atoms with E-state index in [0.717, 1.165) is 32.8 Å². The van der Waals surface area contributed by atoms with Crippen molar-refractivity contribution >= 4 is 45.3 Å². The highest BCUT2D eigenvalue weighted by atomic mass is 79.9. The zero-order chi connectivity index (χ0) is 20.1. The van der Waals surface area contributed by atoms with Gasteiger partial charge in [-0.1, -0.05) is 39.7 Å². The third-order valence-corrected chi connectivity index (χ3v) is 5.10. The van der Waals surface area contributed by atoms with Gasteiger partial charge in [0.2, 0.25) is 0 Å². The highest BCUT2D eigenvalue weighted by molar-refractivity contribution is 9.10. The van der Waals surface area contributed by atoms with E-state index >= 15 is 0 Å². The van der Waals surface area contributed by atoms with E-state index < -0.39 is 0 Å². The molecule has 0 unspecified atom stereocenters. The minimum atomic E-state index is -0.223. The molecule has 0 aliphatic carbocycles. The Kier molecular flexibility index (Phi) is 6.54. The van der Waals surface area contributed by atoms with Crippen LogP contribution in [0.4, 0.5) is 5.69 Å². The number of benzene rings is 2. The van der Waals surface area contributed by atoms with E-state index in [1.54, 1.807) is 6.21 Å². The molecule has 0 spiro atoms. The van der Waals surface area contributed by atoms with Crippen molar-refractivity contribution < 1.29 is 4.79 Å². The SMILES string of the molecule is Cc1cc(/C=N\NC(=O)CNc2ccc(Br)cc2)c(C)n1-c1ccccc1Cl. The molecule has 2 N–H and O–H groups in total. The normalized spacial score (nSPS) is 11.0. The Balaban J connectivity index is 1.63. The topological polar surface area (TPSA) is 58.4 Å². The minimum Gasteiger partial charge on any atom is -0.376 e. The van der Waals surface area contributed by atoms with Gasteiger partial charge in [0.15, 0.2) is 0 Å². The van der Waals surface area contributed by atoms with E-state index in [4.69, 9.17) is 11.6 Å². The second-order valence-corrected chi connectivity index (χ2v) is 7.59. The highest BCUT2D eigenvalue weighted by Gasteiger charge is 2.11. The van der Waals surface area contributed by atoms with Crippen LogP contribution in [-0.4, -0.2) is 23.2 Å². The lowest BCUT2D eigenvalue weighted by Gasteiger charge is -2.11. The van der Waals surface area contributed by atoms with Crippen molar-refractivity contribution in [2.75, 3.05) is 11.9 Å². The third-order valence-electron chi connectivity index (χ3n) is 4.25. The van der Waals surface area contributed by atoms with Gasteiger partial charge in [-0.05, 0) is 56.3 Å². The lowest BCUT2D eigenvalue weighted by Crippen LogP contribution is -2.25. The Labute approximate surface area is 177 Å². The van der Waals surface area contributed by atoms with E-state index in [1.807, 2.05) is 68.4 Å². The van der Waals surface area contributed by atoms with E-state index in [0.29, 0.717) is 5.02 Å². The number of nitrogens with zero attached hydrogens (tertiary/aromatic N) is 2. The number of halogens is 2. The van der Waals surface area contributed by atoms with Crippen molar-refractivity contribution in [1.82, 2.24) is 9.99 Å². The predicted octanol–water partition coefficient (Wildman–Crippen LogP) is 5.07. The van der Waals surface area contributed by atoms with Crippen LogP contribution < -0.4 is 10.7 Å². The summed E-state index contributed by atoms with van der Waals surface area (Å²) in [5, 5.41) is 7.81. The monoisotopic (exact) mass is 458 g/mol. The maximum absolute atomic E-state index is 12.0. The molecule has 2 aromatic carbocycles. The molecule has 3 aromatic rings. The number of anilines is 1. The van der Waals surface area contributed by atoms with E-state index in [1.165, 1.54) is 0 Å². The molecule has 0 fully saturated rings. The number of para-hydroxylation sites is 1. The first-order valence-corrected chi connectivity index (χ1v) is 9.88. The number of aromatic nitrogens is 1. The number of nitrogens with one attached hydrogen (secondary N) is 2. The summed E-state index contributed by atoms with van der Waals surface area (Å²) >= 11 is 9.71. The van der Waals surface area contributed by atoms with Crippen LogP contribution in [0.3, 0.4) is 0 Å². The number of amides is 1. The zero-order valence-corrected chi connectivity index (χ0v) is 17.9. The largest absolute Gasteiger partial charge is 0.376 e. The first kappa shape index (κ1) is 20.2. The fourth-order valence-electron chi connectivity index (χ4n) is 2.89. The molecule has 28 heavy (non-hydrogen) atoms. The molecule has 144 valence electrons. The summed E-state index contributed by atoms with van der Waals surface area (Å²) in [4.78, 5) is 12.0. The van der Waals surface area contributed by atoms with Crippen molar-refractivity contribution in [3.63, 3.8) is 0 Å². The zero-order valence-electron chi connectivity index (χ0n) is 15.5. The quantitative estimate of drug-likeness (QED) is 0.399. The van der Waals surface area contributed by atoms with Gasteiger partial charge in [-0.25, -0.2) is 5.43 Å². The Morgan fingerprint density at radius 3 is 2.61 bits per heavy atom. The second kappa shape index (κ2) is 9.08. The summed E-state index contributed by atoms with van der Waals surface area (Å²) in [6.45, 7) is 4.14. The lowest BCUT2D eigenvalue weighted by molar-refractivity contribution is -0.119. The maximum atomic E-state index is 12.0. The van der Waals surface area contributed by atoms with Crippen molar-refractivity contribution in [1.29, 1.82) is 0 Å². The van der Waals surface area contributed by atoms with Crippen LogP contribution >= 0.6 is 27.5 Å². The van der Waals surface area contributed by atoms with Crippen LogP contribution in [-0.2, 0) is 4.79 Å². The molecule has 1 aromatic heterocycles. The molecule has 1 heterocycles. The van der Waals surface area contributed by atoms with E-state index in [9.17, 15) is 4.79 Å². The van der Waals surface area contributed by atoms with Gasteiger partial charge in [0, 0.05) is 27.1 Å². The lowest BCUT2D eigenvalue weighted by atomic mass is 10.2. The molecule has 1 amide bonds. The van der Waals surface area contributed by atoms with Crippen LogP contribution in [0.25, 0.3) is 5.69 Å². The van der Waals surface area contributed by atoms with Gasteiger partial charge in [-0.15, -0.1) is 0 Å². The molecular weight excluding hydrogens is 440 g/mol. The van der Waals surface area contributed by atoms with Gasteiger partial charge in [0.1, 0.15) is 0 Å². The number of carbonyl (C=O) groups excluding carboxylic acids is 1. The first-order valence-electron chi connectivity index (χ1n) is 8.71. The first-order chi connectivity index (χ1) is 13.5. The number of carbonyl (C=O) groups is 1. The Bertz CT molecular complexity index is 1010. The van der Waals surface area contributed by atoms with Gasteiger partial charge in [0.05, 0.1) is 23.5 Å². The van der Waals surface area contributed by atoms with Gasteiger partial charge < -0.3 is 9.88 Å². The smallest absolute Gasteiger partial charge is 0.259 e. The van der Waals surface area contributed by atoms with Crippen molar-refractivity contribution in [2.24, 2.45) is 5.10 Å². The van der Waals surface area contributed by atoms with Crippen LogP contribution in [0.1, 0.15) is 17.0 Å². The van der Waals surface area contributed by atoms with Crippen LogP contribution in [0.15, 0.2) is 64.2 Å². The Hall–Kier alpha value is -2.57. The third kappa shape index (κ3) is 4.82. The van der Waals surface area contributed by atoms with Crippen LogP contribution in [0, 0.1) is 13.8 Å². The number of rotatable bonds is 6. The second-order valence-electron chi connectivity index (χ2n) is 6.27. The van der Waals surface area contributed by atoms with Crippen molar-refractivity contribution in [2.45, 2.75) is 13.8 Å². The molecule has 0 bridgehead atoms. The average molecular weight is 460 g/mol. The standard InChI is InChI=1S/C21H20BrClN4O/c1-14-11-16(15(2)27(14)20-6-4-3-5-19(20)23)12-25-26-21(28)13-24-18-9-7-17(22)8-10-18/h3-12,24H,13H2,1-2H3,(H,26,28)/b25-12-. The Morgan fingerprint density at radius 1 is 1.18 bits per heavy atom. The summed E-state index contributed by atoms with van der Waals surface area (Å²) in [7, 11) is 0. The summed E-state index contributed by atoms with van der Waals surface area (Å²) in [5.41, 5.74) is 7.28. The van der Waals surface area contributed by atoms with Crippen LogP contribution in [0.5, 0.6) is 0 Å². The Morgan fingerprint density at radius 2 is 1.89 bits per heavy atom. The number of aryl methyl sites for hydroxylation is 1. The number of hydrazone groups is 1. The molecule has 0 radical (unpaired) electrons. The van der Waals surface area contributed by atoms with Gasteiger partial charge in [-0.2, -0.15) is 5.10 Å². The van der Waals surface area contributed by atoms with Crippen LogP contribution in [0.2, 0.25) is 5.02 Å². The van der Waals surface area contributed by atoms with Crippen molar-refractivity contribution in [3.05, 3.63) is 81.0 Å². The highest BCUT2D eigenvalue weighted by Crippen LogP contribution is 2.25. The molecule has 0 saturated carbocycles. The summed E-state index contributed by atoms with van der Waals surface area (Å²) in [6.07, 6.45) is 1.65. The molecular formula is C21H20BrClN4O. The maximum Gasteiger partial charge on any atom is 0.259 e. The van der Waals surface area contributed by atoms with Gasteiger partial charge in [0.25, 0.3) is 5.91 Å². The molecule has 0 saturated heterocycles. The molecule has 7 heteroatoms. The summed E-state index contributed by atoms with van der Waals surface area (Å²) in [5.74, 6) is -0.223. The fraction of sp³-hybridized carbons (Fsp3) is 0.143. The van der Waals surface area contributed by atoms with E-state index in [2.05, 4.69) is 36.3 Å². The molecule has 3 rings (SSSR count).